The van der Waals surface area contributed by atoms with Gasteiger partial charge in [-0.3, -0.25) is 14.8 Å². The first-order valence-electron chi connectivity index (χ1n) is 8.76. The Bertz CT molecular complexity index is 675. The number of hydrogen-bond donors (Lipinski definition) is 2. The van der Waals surface area contributed by atoms with Gasteiger partial charge >= 0.3 is 0 Å². The number of amides is 1. The number of aryl methyl sites for hydroxylation is 1. The summed E-state index contributed by atoms with van der Waals surface area (Å²) in [6.07, 6.45) is 2.06. The van der Waals surface area contributed by atoms with Crippen molar-refractivity contribution < 1.29 is 4.79 Å². The van der Waals surface area contributed by atoms with Crippen molar-refractivity contribution in [3.8, 4) is 0 Å². The third-order valence-electron chi connectivity index (χ3n) is 4.33. The SMILES string of the molecule is Cc1nc(SCCNC(=O)[C@H]2CCCN(Cc3ccccc3)C2)n[nH]1. The van der Waals surface area contributed by atoms with Crippen LogP contribution in [-0.2, 0) is 11.3 Å². The molecule has 2 N–H and O–H groups in total. The van der Waals surface area contributed by atoms with Crippen LogP contribution in [0.15, 0.2) is 35.5 Å². The number of rotatable bonds is 7. The summed E-state index contributed by atoms with van der Waals surface area (Å²) >= 11 is 1.55. The van der Waals surface area contributed by atoms with E-state index in [-0.39, 0.29) is 11.8 Å². The highest BCUT2D eigenvalue weighted by molar-refractivity contribution is 7.99. The van der Waals surface area contributed by atoms with E-state index in [2.05, 4.69) is 49.7 Å². The second-order valence-corrected chi connectivity index (χ2v) is 7.46. The molecular weight excluding hydrogens is 334 g/mol. The summed E-state index contributed by atoms with van der Waals surface area (Å²) in [5.74, 6) is 1.86. The summed E-state index contributed by atoms with van der Waals surface area (Å²) in [6.45, 7) is 5.35. The molecule has 134 valence electrons. The monoisotopic (exact) mass is 359 g/mol. The normalized spacial score (nSPS) is 18.2. The van der Waals surface area contributed by atoms with Crippen LogP contribution in [0.1, 0.15) is 24.2 Å². The first-order chi connectivity index (χ1) is 12.2. The zero-order valence-electron chi connectivity index (χ0n) is 14.6. The summed E-state index contributed by atoms with van der Waals surface area (Å²) in [7, 11) is 0. The van der Waals surface area contributed by atoms with E-state index in [1.807, 2.05) is 13.0 Å². The fourth-order valence-electron chi connectivity index (χ4n) is 3.10. The van der Waals surface area contributed by atoms with Gasteiger partial charge in [-0.1, -0.05) is 42.1 Å². The predicted molar refractivity (Wildman–Crippen MR) is 99.3 cm³/mol. The highest BCUT2D eigenvalue weighted by atomic mass is 32.2. The summed E-state index contributed by atoms with van der Waals surface area (Å²) in [4.78, 5) is 19.1. The van der Waals surface area contributed by atoms with E-state index >= 15 is 0 Å². The third-order valence-corrected chi connectivity index (χ3v) is 5.18. The lowest BCUT2D eigenvalue weighted by molar-refractivity contribution is -0.126. The molecular formula is C18H25N5OS. The number of thioether (sulfide) groups is 1. The van der Waals surface area contributed by atoms with E-state index in [1.54, 1.807) is 11.8 Å². The van der Waals surface area contributed by atoms with Crippen molar-refractivity contribution in [3.63, 3.8) is 0 Å². The minimum Gasteiger partial charge on any atom is -0.355 e. The summed E-state index contributed by atoms with van der Waals surface area (Å²) in [5.41, 5.74) is 1.31. The lowest BCUT2D eigenvalue weighted by atomic mass is 9.96. The molecule has 1 aliphatic heterocycles. The molecule has 0 bridgehead atoms. The number of piperidine rings is 1. The molecule has 0 spiro atoms. The van der Waals surface area contributed by atoms with E-state index < -0.39 is 0 Å². The van der Waals surface area contributed by atoms with Gasteiger partial charge in [0.15, 0.2) is 0 Å². The average Bonchev–Trinajstić information content (AvgIpc) is 3.05. The second kappa shape index (κ2) is 9.01. The summed E-state index contributed by atoms with van der Waals surface area (Å²) in [5, 5.41) is 10.7. The van der Waals surface area contributed by atoms with Crippen LogP contribution < -0.4 is 5.32 Å². The van der Waals surface area contributed by atoms with E-state index in [0.717, 1.165) is 49.2 Å². The quantitative estimate of drug-likeness (QED) is 0.586. The van der Waals surface area contributed by atoms with Crippen molar-refractivity contribution in [2.45, 2.75) is 31.5 Å². The van der Waals surface area contributed by atoms with Crippen molar-refractivity contribution in [1.82, 2.24) is 25.4 Å². The molecule has 25 heavy (non-hydrogen) atoms. The number of aromatic nitrogens is 3. The first kappa shape index (κ1) is 17.9. The van der Waals surface area contributed by atoms with Gasteiger partial charge in [0.05, 0.1) is 5.92 Å². The van der Waals surface area contributed by atoms with Crippen LogP contribution in [0.25, 0.3) is 0 Å². The first-order valence-corrected chi connectivity index (χ1v) is 9.75. The number of nitrogens with zero attached hydrogens (tertiary/aromatic N) is 3. The summed E-state index contributed by atoms with van der Waals surface area (Å²) < 4.78 is 0. The maximum absolute atomic E-state index is 12.4. The minimum atomic E-state index is 0.0909. The number of H-pyrrole nitrogens is 1. The molecule has 0 aliphatic carbocycles. The third kappa shape index (κ3) is 5.57. The van der Waals surface area contributed by atoms with Gasteiger partial charge in [-0.15, -0.1) is 5.10 Å². The van der Waals surface area contributed by atoms with Gasteiger partial charge in [-0.25, -0.2) is 4.98 Å². The molecule has 0 unspecified atom stereocenters. The van der Waals surface area contributed by atoms with E-state index in [4.69, 9.17) is 0 Å². The zero-order valence-corrected chi connectivity index (χ0v) is 15.4. The lowest BCUT2D eigenvalue weighted by Crippen LogP contribution is -2.43. The Morgan fingerprint density at radius 2 is 2.24 bits per heavy atom. The standard InChI is InChI=1S/C18H25N5OS/c1-14-20-18(22-21-14)25-11-9-19-17(24)16-8-5-10-23(13-16)12-15-6-3-2-4-7-15/h2-4,6-7,16H,5,8-13H2,1H3,(H,19,24)(H,20,21,22)/t16-/m0/s1. The molecule has 7 heteroatoms. The van der Waals surface area contributed by atoms with Gasteiger partial charge in [0.25, 0.3) is 0 Å². The van der Waals surface area contributed by atoms with Crippen LogP contribution in [0, 0.1) is 12.8 Å². The Morgan fingerprint density at radius 3 is 3.00 bits per heavy atom. The highest BCUT2D eigenvalue weighted by Gasteiger charge is 2.25. The lowest BCUT2D eigenvalue weighted by Gasteiger charge is -2.32. The molecule has 2 heterocycles. The van der Waals surface area contributed by atoms with Crippen LogP contribution in [0.3, 0.4) is 0 Å². The second-order valence-electron chi connectivity index (χ2n) is 6.40. The molecule has 1 atom stereocenters. The van der Waals surface area contributed by atoms with Crippen molar-refractivity contribution in [1.29, 1.82) is 0 Å². The molecule has 1 fully saturated rings. The van der Waals surface area contributed by atoms with Crippen LogP contribution in [-0.4, -0.2) is 51.4 Å². The number of carbonyl (C=O) groups excluding carboxylic acids is 1. The van der Waals surface area contributed by atoms with E-state index in [9.17, 15) is 4.79 Å². The smallest absolute Gasteiger partial charge is 0.224 e. The van der Waals surface area contributed by atoms with Crippen molar-refractivity contribution in [2.75, 3.05) is 25.4 Å². The minimum absolute atomic E-state index is 0.0909. The number of benzene rings is 1. The molecule has 2 aromatic rings. The van der Waals surface area contributed by atoms with Crippen molar-refractivity contribution in [2.24, 2.45) is 5.92 Å². The van der Waals surface area contributed by atoms with Gasteiger partial charge in [0.2, 0.25) is 11.1 Å². The van der Waals surface area contributed by atoms with Crippen LogP contribution >= 0.6 is 11.8 Å². The Morgan fingerprint density at radius 1 is 1.40 bits per heavy atom. The molecule has 1 aliphatic rings. The largest absolute Gasteiger partial charge is 0.355 e. The Kier molecular flexibility index (Phi) is 6.47. The Labute approximate surface area is 152 Å². The zero-order chi connectivity index (χ0) is 17.5. The highest BCUT2D eigenvalue weighted by Crippen LogP contribution is 2.19. The molecule has 1 aromatic heterocycles. The molecule has 1 amide bonds. The Balaban J connectivity index is 1.39. The maximum Gasteiger partial charge on any atom is 0.224 e. The van der Waals surface area contributed by atoms with Gasteiger partial charge in [0.1, 0.15) is 5.82 Å². The fourth-order valence-corrected chi connectivity index (χ4v) is 3.80. The molecule has 0 saturated carbocycles. The number of hydrogen-bond acceptors (Lipinski definition) is 5. The molecule has 0 radical (unpaired) electrons. The van der Waals surface area contributed by atoms with Crippen LogP contribution in [0.4, 0.5) is 0 Å². The fraction of sp³-hybridized carbons (Fsp3) is 0.500. The summed E-state index contributed by atoms with van der Waals surface area (Å²) in [6, 6.07) is 10.5. The van der Waals surface area contributed by atoms with Gasteiger partial charge in [-0.05, 0) is 31.9 Å². The average molecular weight is 359 g/mol. The molecule has 6 nitrogen and oxygen atoms in total. The maximum atomic E-state index is 12.4. The van der Waals surface area contributed by atoms with Gasteiger partial charge in [0, 0.05) is 25.4 Å². The van der Waals surface area contributed by atoms with Crippen LogP contribution in [0.5, 0.6) is 0 Å². The predicted octanol–water partition coefficient (Wildman–Crippen LogP) is 2.23. The van der Waals surface area contributed by atoms with Crippen molar-refractivity contribution >= 4 is 17.7 Å². The Hall–Kier alpha value is -1.86. The van der Waals surface area contributed by atoms with Gasteiger partial charge in [-0.2, -0.15) is 0 Å². The van der Waals surface area contributed by atoms with Crippen molar-refractivity contribution in [3.05, 3.63) is 41.7 Å². The van der Waals surface area contributed by atoms with E-state index in [0.29, 0.717) is 6.54 Å². The topological polar surface area (TPSA) is 73.9 Å². The number of likely N-dealkylation sites (tertiary alicyclic amines) is 1. The number of nitrogens with one attached hydrogen (secondary N) is 2. The number of carbonyl (C=O) groups is 1. The molecule has 1 aromatic carbocycles. The number of aromatic amines is 1. The van der Waals surface area contributed by atoms with E-state index in [1.165, 1.54) is 5.56 Å². The van der Waals surface area contributed by atoms with Crippen LogP contribution in [0.2, 0.25) is 0 Å². The van der Waals surface area contributed by atoms with Gasteiger partial charge < -0.3 is 5.32 Å². The molecule has 3 rings (SSSR count). The molecule has 1 saturated heterocycles.